The molecule has 0 aromatic heterocycles. The van der Waals surface area contributed by atoms with Gasteiger partial charge in [-0.15, -0.1) is 0 Å². The van der Waals surface area contributed by atoms with Crippen LogP contribution in [0.15, 0.2) is 12.1 Å². The van der Waals surface area contributed by atoms with Gasteiger partial charge in [0.25, 0.3) is 0 Å². The Labute approximate surface area is 148 Å². The highest BCUT2D eigenvalue weighted by molar-refractivity contribution is 5.48. The Morgan fingerprint density at radius 2 is 1.12 bits per heavy atom. The lowest BCUT2D eigenvalue weighted by Gasteiger charge is -2.15. The molecule has 7 heteroatoms. The Morgan fingerprint density at radius 3 is 1.54 bits per heavy atom. The Bertz CT molecular complexity index is 751. The highest BCUT2D eigenvalue weighted by Crippen LogP contribution is 2.33. The van der Waals surface area contributed by atoms with E-state index in [-0.39, 0.29) is 12.8 Å². The van der Waals surface area contributed by atoms with Crippen LogP contribution in [0.3, 0.4) is 0 Å². The molecule has 0 saturated carbocycles. The van der Waals surface area contributed by atoms with Gasteiger partial charge in [-0.3, -0.25) is 0 Å². The summed E-state index contributed by atoms with van der Waals surface area (Å²) in [6.07, 6.45) is 1.27. The monoisotopic (exact) mass is 374 g/mol. The molecular weight excluding hydrogens is 355 g/mol. The number of hydrogen-bond donors (Lipinski definition) is 0. The topological polar surface area (TPSA) is 18.5 Å². The van der Waals surface area contributed by atoms with E-state index in [0.717, 1.165) is 12.0 Å². The summed E-state index contributed by atoms with van der Waals surface area (Å²) in [7, 11) is 2.98. The van der Waals surface area contributed by atoms with Crippen LogP contribution in [0.2, 0.25) is 0 Å². The Balaban J connectivity index is 2.36. The van der Waals surface area contributed by atoms with Crippen molar-refractivity contribution in [1.82, 2.24) is 0 Å². The van der Waals surface area contributed by atoms with E-state index in [2.05, 4.69) is 0 Å². The predicted molar refractivity (Wildman–Crippen MR) is 87.2 cm³/mol. The third kappa shape index (κ3) is 3.76. The third-order valence-electron chi connectivity index (χ3n) is 4.13. The largest absolute Gasteiger partial charge is 0.496 e. The van der Waals surface area contributed by atoms with Crippen LogP contribution in [0.5, 0.6) is 11.5 Å². The van der Waals surface area contributed by atoms with Crippen LogP contribution < -0.4 is 9.47 Å². The fraction of sp³-hybridized carbons (Fsp3) is 0.368. The van der Waals surface area contributed by atoms with Crippen LogP contribution in [0.4, 0.5) is 22.0 Å². The smallest absolute Gasteiger partial charge is 0.200 e. The minimum atomic E-state index is -2.16. The molecule has 0 N–H and O–H groups in total. The fourth-order valence-corrected chi connectivity index (χ4v) is 2.82. The number of rotatable bonds is 7. The van der Waals surface area contributed by atoms with E-state index >= 15 is 0 Å². The first-order chi connectivity index (χ1) is 12.3. The molecule has 0 heterocycles. The molecule has 0 fully saturated rings. The van der Waals surface area contributed by atoms with E-state index < -0.39 is 34.6 Å². The van der Waals surface area contributed by atoms with Crippen LogP contribution in [0.25, 0.3) is 0 Å². The summed E-state index contributed by atoms with van der Waals surface area (Å²) in [4.78, 5) is 0. The molecule has 0 radical (unpaired) electrons. The first kappa shape index (κ1) is 20.0. The number of benzene rings is 2. The van der Waals surface area contributed by atoms with Gasteiger partial charge in [-0.25, -0.2) is 22.0 Å². The first-order valence-corrected chi connectivity index (χ1v) is 8.09. The van der Waals surface area contributed by atoms with Crippen molar-refractivity contribution in [1.29, 1.82) is 0 Å². The Morgan fingerprint density at radius 1 is 0.654 bits per heavy atom. The molecule has 0 saturated heterocycles. The van der Waals surface area contributed by atoms with Crippen LogP contribution in [-0.2, 0) is 19.3 Å². The van der Waals surface area contributed by atoms with Gasteiger partial charge in [0.2, 0.25) is 5.82 Å². The van der Waals surface area contributed by atoms with Crippen molar-refractivity contribution in [3.63, 3.8) is 0 Å². The molecule has 0 aliphatic heterocycles. The van der Waals surface area contributed by atoms with Crippen molar-refractivity contribution < 1.29 is 31.4 Å². The number of methoxy groups -OCH3 is 2. The molecule has 2 aromatic carbocycles. The van der Waals surface area contributed by atoms with Gasteiger partial charge in [-0.2, -0.15) is 0 Å². The van der Waals surface area contributed by atoms with Crippen molar-refractivity contribution in [3.8, 4) is 11.5 Å². The van der Waals surface area contributed by atoms with Gasteiger partial charge < -0.3 is 9.47 Å². The lowest BCUT2D eigenvalue weighted by Crippen LogP contribution is -2.08. The average Bonchev–Trinajstić information content (AvgIpc) is 2.65. The SMILES string of the molecule is CCCc1c(OC)cc(CCc2c(F)c(F)c(F)c(F)c2F)cc1OC. The van der Waals surface area contributed by atoms with Crippen molar-refractivity contribution in [3.05, 3.63) is 57.9 Å². The maximum atomic E-state index is 13.8. The summed E-state index contributed by atoms with van der Waals surface area (Å²) < 4.78 is 78.0. The molecule has 2 rings (SSSR count). The van der Waals surface area contributed by atoms with Gasteiger partial charge in [-0.1, -0.05) is 13.3 Å². The zero-order valence-electron chi connectivity index (χ0n) is 14.7. The minimum Gasteiger partial charge on any atom is -0.496 e. The Kier molecular flexibility index (Phi) is 6.45. The molecule has 0 bridgehead atoms. The molecule has 26 heavy (non-hydrogen) atoms. The second kappa shape index (κ2) is 8.38. The molecule has 2 aromatic rings. The molecule has 2 nitrogen and oxygen atoms in total. The van der Waals surface area contributed by atoms with Crippen LogP contribution >= 0.6 is 0 Å². The van der Waals surface area contributed by atoms with Crippen LogP contribution in [0, 0.1) is 29.1 Å². The molecule has 0 amide bonds. The molecule has 142 valence electrons. The predicted octanol–water partition coefficient (Wildman–Crippen LogP) is 5.14. The highest BCUT2D eigenvalue weighted by Gasteiger charge is 2.25. The highest BCUT2D eigenvalue weighted by atomic mass is 19.2. The van der Waals surface area contributed by atoms with E-state index in [9.17, 15) is 22.0 Å². The van der Waals surface area contributed by atoms with E-state index in [4.69, 9.17) is 9.47 Å². The molecule has 0 unspecified atom stereocenters. The number of hydrogen-bond acceptors (Lipinski definition) is 2. The van der Waals surface area contributed by atoms with Gasteiger partial charge >= 0.3 is 0 Å². The van der Waals surface area contributed by atoms with E-state index in [1.54, 1.807) is 12.1 Å². The zero-order chi connectivity index (χ0) is 19.4. The quantitative estimate of drug-likeness (QED) is 0.380. The molecule has 0 atom stereocenters. The summed E-state index contributed by atoms with van der Waals surface area (Å²) >= 11 is 0. The second-order valence-electron chi connectivity index (χ2n) is 5.78. The first-order valence-electron chi connectivity index (χ1n) is 8.09. The summed E-state index contributed by atoms with van der Waals surface area (Å²) in [5.41, 5.74) is 0.622. The lowest BCUT2D eigenvalue weighted by molar-refractivity contribution is 0.369. The maximum Gasteiger partial charge on any atom is 0.200 e. The van der Waals surface area contributed by atoms with Crippen molar-refractivity contribution in [2.24, 2.45) is 0 Å². The molecule has 0 spiro atoms. The van der Waals surface area contributed by atoms with Gasteiger partial charge in [0.1, 0.15) is 11.5 Å². The Hall–Kier alpha value is -2.31. The van der Waals surface area contributed by atoms with Crippen molar-refractivity contribution >= 4 is 0 Å². The minimum absolute atomic E-state index is 0.0531. The van der Waals surface area contributed by atoms with Gasteiger partial charge in [0, 0.05) is 11.1 Å². The average molecular weight is 374 g/mol. The number of ether oxygens (including phenoxy) is 2. The molecule has 0 aliphatic rings. The number of aryl methyl sites for hydroxylation is 1. The van der Waals surface area contributed by atoms with Gasteiger partial charge in [-0.05, 0) is 37.0 Å². The molecule has 0 aliphatic carbocycles. The zero-order valence-corrected chi connectivity index (χ0v) is 14.7. The summed E-state index contributed by atoms with van der Waals surface area (Å²) in [5.74, 6) is -8.53. The van der Waals surface area contributed by atoms with E-state index in [0.29, 0.717) is 23.5 Å². The van der Waals surface area contributed by atoms with Crippen LogP contribution in [0.1, 0.15) is 30.0 Å². The summed E-state index contributed by atoms with van der Waals surface area (Å²) in [5, 5.41) is 0. The van der Waals surface area contributed by atoms with Gasteiger partial charge in [0.05, 0.1) is 14.2 Å². The van der Waals surface area contributed by atoms with Crippen molar-refractivity contribution in [2.75, 3.05) is 14.2 Å². The summed E-state index contributed by atoms with van der Waals surface area (Å²) in [6.45, 7) is 2.00. The standard InChI is InChI=1S/C19H19F5O2/c1-4-5-11-13(25-2)8-10(9-14(11)26-3)6-7-12-15(20)17(22)19(24)18(23)16(12)21/h8-9H,4-7H2,1-3H3. The number of halogens is 5. The lowest BCUT2D eigenvalue weighted by atomic mass is 9.99. The third-order valence-corrected chi connectivity index (χ3v) is 4.13. The van der Waals surface area contributed by atoms with Crippen molar-refractivity contribution in [2.45, 2.75) is 32.6 Å². The van der Waals surface area contributed by atoms with E-state index in [1.165, 1.54) is 14.2 Å². The van der Waals surface area contributed by atoms with Gasteiger partial charge in [0.15, 0.2) is 23.3 Å². The normalized spacial score (nSPS) is 10.9. The summed E-state index contributed by atoms with van der Waals surface area (Å²) in [6, 6.07) is 3.36. The second-order valence-corrected chi connectivity index (χ2v) is 5.78. The molecular formula is C19H19F5O2. The van der Waals surface area contributed by atoms with E-state index in [1.807, 2.05) is 6.92 Å². The van der Waals surface area contributed by atoms with Crippen LogP contribution in [-0.4, -0.2) is 14.2 Å². The maximum absolute atomic E-state index is 13.8. The fourth-order valence-electron chi connectivity index (χ4n) is 2.82.